The number of hydrogen-bond donors (Lipinski definition) is 3. The first kappa shape index (κ1) is 23.2. The van der Waals surface area contributed by atoms with Gasteiger partial charge in [-0.3, -0.25) is 24.0 Å². The lowest BCUT2D eigenvalue weighted by molar-refractivity contribution is -0.907. The maximum Gasteiger partial charge on any atom is 0.330 e. The van der Waals surface area contributed by atoms with Gasteiger partial charge in [0.25, 0.3) is 11.5 Å². The van der Waals surface area contributed by atoms with Crippen molar-refractivity contribution in [2.24, 2.45) is 5.92 Å². The summed E-state index contributed by atoms with van der Waals surface area (Å²) in [6, 6.07) is 0. The molecule has 9 heteroatoms. The number of nitrogens with two attached hydrogens (primary N) is 1. The molecular weight excluding hydrogens is 374 g/mol. The fourth-order valence-corrected chi connectivity index (χ4v) is 3.90. The van der Waals surface area contributed by atoms with Crippen molar-refractivity contribution < 1.29 is 14.4 Å². The van der Waals surface area contributed by atoms with Gasteiger partial charge in [-0.25, -0.2) is 4.79 Å². The summed E-state index contributed by atoms with van der Waals surface area (Å²) in [6.07, 6.45) is 1.75. The minimum absolute atomic E-state index is 0.0515. The predicted molar refractivity (Wildman–Crippen MR) is 113 cm³/mol. The van der Waals surface area contributed by atoms with E-state index in [-0.39, 0.29) is 42.1 Å². The van der Waals surface area contributed by atoms with E-state index in [1.165, 1.54) is 9.47 Å². The number of carbonyl (C=O) groups excluding carboxylic acids is 1. The largest absolute Gasteiger partial charge is 0.383 e. The van der Waals surface area contributed by atoms with Crippen molar-refractivity contribution in [3.8, 4) is 0 Å². The molecule has 9 nitrogen and oxygen atoms in total. The number of morpholine rings is 1. The van der Waals surface area contributed by atoms with Crippen LogP contribution in [-0.4, -0.2) is 53.8 Å². The molecule has 1 aliphatic rings. The molecule has 0 spiro atoms. The smallest absolute Gasteiger partial charge is 0.330 e. The van der Waals surface area contributed by atoms with Gasteiger partial charge in [0.15, 0.2) is 12.2 Å². The van der Waals surface area contributed by atoms with Crippen molar-refractivity contribution in [2.45, 2.75) is 66.2 Å². The number of unbranched alkanes of at least 4 members (excludes halogenated alkanes) is 1. The molecule has 1 aromatic heterocycles. The number of amides is 1. The van der Waals surface area contributed by atoms with E-state index >= 15 is 0 Å². The minimum atomic E-state index is -0.615. The van der Waals surface area contributed by atoms with Gasteiger partial charge in [-0.05, 0) is 26.2 Å². The Labute approximate surface area is 171 Å². The van der Waals surface area contributed by atoms with Crippen LogP contribution in [0.2, 0.25) is 0 Å². The second-order valence-corrected chi connectivity index (χ2v) is 8.49. The molecule has 1 unspecified atom stereocenters. The standard InChI is InChI=1S/C20H35N5O4/c1-6-7-8-24(16(26)12-23-10-14(4)29-15(5)11-23)17-18(21)25(9-13(2)3)20(28)22-19(17)27/h13-15H,6-12,21H2,1-5H3,(H,22,27,28)/p+1/t14-,15+. The molecule has 0 aliphatic carbocycles. The Morgan fingerprint density at radius 2 is 1.93 bits per heavy atom. The maximum absolute atomic E-state index is 13.2. The van der Waals surface area contributed by atoms with Crippen LogP contribution < -0.4 is 26.8 Å². The lowest BCUT2D eigenvalue weighted by Crippen LogP contribution is -3.16. The molecule has 1 saturated heterocycles. The second-order valence-electron chi connectivity index (χ2n) is 8.49. The topological polar surface area (TPSA) is 115 Å². The van der Waals surface area contributed by atoms with Crippen LogP contribution in [0.3, 0.4) is 0 Å². The number of nitrogens with zero attached hydrogens (tertiary/aromatic N) is 2. The van der Waals surface area contributed by atoms with Gasteiger partial charge in [0.2, 0.25) is 0 Å². The molecule has 164 valence electrons. The van der Waals surface area contributed by atoms with Crippen LogP contribution in [0.15, 0.2) is 9.59 Å². The van der Waals surface area contributed by atoms with Gasteiger partial charge in [-0.15, -0.1) is 0 Å². The van der Waals surface area contributed by atoms with E-state index in [1.54, 1.807) is 0 Å². The number of quaternary nitrogens is 1. The van der Waals surface area contributed by atoms with E-state index in [0.717, 1.165) is 30.8 Å². The van der Waals surface area contributed by atoms with Crippen LogP contribution in [0.25, 0.3) is 0 Å². The van der Waals surface area contributed by atoms with E-state index in [9.17, 15) is 14.4 Å². The summed E-state index contributed by atoms with van der Waals surface area (Å²) >= 11 is 0. The first-order valence-corrected chi connectivity index (χ1v) is 10.6. The summed E-state index contributed by atoms with van der Waals surface area (Å²) in [6.45, 7) is 12.4. The number of anilines is 2. The first-order valence-electron chi connectivity index (χ1n) is 10.6. The maximum atomic E-state index is 13.2. The molecule has 1 aliphatic heterocycles. The number of aromatic nitrogens is 2. The number of hydrogen-bond acceptors (Lipinski definition) is 5. The molecule has 1 aromatic rings. The quantitative estimate of drug-likeness (QED) is 0.539. The van der Waals surface area contributed by atoms with Crippen molar-refractivity contribution in [1.82, 2.24) is 9.55 Å². The van der Waals surface area contributed by atoms with Gasteiger partial charge in [-0.2, -0.15) is 0 Å². The van der Waals surface area contributed by atoms with Crippen molar-refractivity contribution in [3.05, 3.63) is 20.8 Å². The zero-order valence-electron chi connectivity index (χ0n) is 18.3. The van der Waals surface area contributed by atoms with E-state index in [4.69, 9.17) is 10.5 Å². The lowest BCUT2D eigenvalue weighted by atomic mass is 10.2. The molecule has 0 saturated carbocycles. The van der Waals surface area contributed by atoms with Gasteiger partial charge < -0.3 is 15.4 Å². The molecule has 1 amide bonds. The van der Waals surface area contributed by atoms with Crippen LogP contribution in [0.4, 0.5) is 11.5 Å². The minimum Gasteiger partial charge on any atom is -0.383 e. The first-order chi connectivity index (χ1) is 13.6. The number of aromatic amines is 1. The van der Waals surface area contributed by atoms with Crippen LogP contribution in [0, 0.1) is 5.92 Å². The zero-order valence-corrected chi connectivity index (χ0v) is 18.3. The molecule has 2 rings (SSSR count). The van der Waals surface area contributed by atoms with Gasteiger partial charge in [-0.1, -0.05) is 27.2 Å². The fourth-order valence-electron chi connectivity index (χ4n) is 3.90. The molecule has 4 N–H and O–H groups in total. The Morgan fingerprint density at radius 3 is 2.48 bits per heavy atom. The summed E-state index contributed by atoms with van der Waals surface area (Å²) < 4.78 is 7.10. The average Bonchev–Trinajstić information content (AvgIpc) is 2.60. The van der Waals surface area contributed by atoms with Crippen LogP contribution in [-0.2, 0) is 16.1 Å². The molecule has 0 bridgehead atoms. The summed E-state index contributed by atoms with van der Waals surface area (Å²) in [5, 5.41) is 0. The SMILES string of the molecule is CCCCN(C(=O)C[NH+]1C[C@@H](C)O[C@@H](C)C1)c1c(N)n(CC(C)C)c(=O)[nH]c1=O. The number of ether oxygens (including phenoxy) is 1. The molecule has 2 heterocycles. The normalized spacial score (nSPS) is 22.1. The third kappa shape index (κ3) is 5.93. The summed E-state index contributed by atoms with van der Waals surface area (Å²) in [4.78, 5) is 43.0. The monoisotopic (exact) mass is 410 g/mol. The molecule has 3 atom stereocenters. The Bertz CT molecular complexity index is 806. The van der Waals surface area contributed by atoms with Crippen molar-refractivity contribution in [3.63, 3.8) is 0 Å². The Balaban J connectivity index is 2.37. The van der Waals surface area contributed by atoms with E-state index in [1.807, 2.05) is 34.6 Å². The Morgan fingerprint density at radius 1 is 1.31 bits per heavy atom. The summed E-state index contributed by atoms with van der Waals surface area (Å²) in [5.74, 6) is 0.0478. The zero-order chi connectivity index (χ0) is 21.7. The van der Waals surface area contributed by atoms with E-state index in [2.05, 4.69) is 4.98 Å². The van der Waals surface area contributed by atoms with Gasteiger partial charge in [0, 0.05) is 13.1 Å². The summed E-state index contributed by atoms with van der Waals surface area (Å²) in [7, 11) is 0. The van der Waals surface area contributed by atoms with E-state index < -0.39 is 11.2 Å². The number of rotatable bonds is 8. The third-order valence-electron chi connectivity index (χ3n) is 5.09. The third-order valence-corrected chi connectivity index (χ3v) is 5.09. The van der Waals surface area contributed by atoms with Gasteiger partial charge in [0.05, 0.1) is 0 Å². The number of H-pyrrole nitrogens is 1. The highest BCUT2D eigenvalue weighted by molar-refractivity contribution is 5.96. The van der Waals surface area contributed by atoms with Gasteiger partial charge in [0.1, 0.15) is 31.1 Å². The predicted octanol–water partition coefficient (Wildman–Crippen LogP) is -0.400. The lowest BCUT2D eigenvalue weighted by Gasteiger charge is -2.33. The van der Waals surface area contributed by atoms with Crippen molar-refractivity contribution in [1.29, 1.82) is 0 Å². The summed E-state index contributed by atoms with van der Waals surface area (Å²) in [5.41, 5.74) is 5.16. The van der Waals surface area contributed by atoms with Crippen LogP contribution >= 0.6 is 0 Å². The fraction of sp³-hybridized carbons (Fsp3) is 0.750. The molecule has 0 aromatic carbocycles. The highest BCUT2D eigenvalue weighted by atomic mass is 16.5. The molecule has 29 heavy (non-hydrogen) atoms. The average molecular weight is 411 g/mol. The number of nitrogen functional groups attached to an aromatic ring is 1. The Hall–Kier alpha value is -2.13. The highest BCUT2D eigenvalue weighted by Gasteiger charge is 2.31. The molecule has 1 fully saturated rings. The van der Waals surface area contributed by atoms with Crippen LogP contribution in [0.1, 0.15) is 47.5 Å². The highest BCUT2D eigenvalue weighted by Crippen LogP contribution is 2.18. The molecule has 0 radical (unpaired) electrons. The molecular formula is C20H36N5O4+. The number of nitrogens with one attached hydrogen (secondary N) is 2. The van der Waals surface area contributed by atoms with Crippen LogP contribution in [0.5, 0.6) is 0 Å². The van der Waals surface area contributed by atoms with Gasteiger partial charge >= 0.3 is 5.69 Å². The van der Waals surface area contributed by atoms with Crippen molar-refractivity contribution in [2.75, 3.05) is 36.8 Å². The van der Waals surface area contributed by atoms with E-state index in [0.29, 0.717) is 13.1 Å². The Kier molecular flexibility index (Phi) is 8.04. The number of carbonyl (C=O) groups is 1. The van der Waals surface area contributed by atoms with Crippen molar-refractivity contribution >= 4 is 17.4 Å². The second kappa shape index (κ2) is 10.1.